The molecule has 0 fully saturated rings. The van der Waals surface area contributed by atoms with Crippen LogP contribution in [-0.2, 0) is 13.0 Å². The fraction of sp³-hybridized carbons (Fsp3) is 0.647. The van der Waals surface area contributed by atoms with Gasteiger partial charge in [0.15, 0.2) is 0 Å². The van der Waals surface area contributed by atoms with Crippen LogP contribution in [0, 0.1) is 5.92 Å². The maximum absolute atomic E-state index is 5.91. The maximum atomic E-state index is 5.91. The first-order chi connectivity index (χ1) is 8.91. The molecule has 1 aromatic carbocycles. The quantitative estimate of drug-likeness (QED) is 0.867. The summed E-state index contributed by atoms with van der Waals surface area (Å²) in [5, 5.41) is 3.66. The van der Waals surface area contributed by atoms with Crippen molar-refractivity contribution in [3.05, 3.63) is 29.3 Å². The fourth-order valence-electron chi connectivity index (χ4n) is 2.87. The highest BCUT2D eigenvalue weighted by molar-refractivity contribution is 5.41. The summed E-state index contributed by atoms with van der Waals surface area (Å²) in [6, 6.07) is 7.20. The lowest BCUT2D eigenvalue weighted by atomic mass is 9.99. The van der Waals surface area contributed by atoms with E-state index in [1.807, 2.05) is 0 Å². The lowest BCUT2D eigenvalue weighted by Crippen LogP contribution is -2.32. The topological polar surface area (TPSA) is 21.3 Å². The van der Waals surface area contributed by atoms with Gasteiger partial charge in [0.2, 0.25) is 0 Å². The molecule has 19 heavy (non-hydrogen) atoms. The van der Waals surface area contributed by atoms with Gasteiger partial charge in [0.1, 0.15) is 11.4 Å². The molecule has 1 aliphatic heterocycles. The lowest BCUT2D eigenvalue weighted by molar-refractivity contribution is 0.138. The van der Waals surface area contributed by atoms with E-state index >= 15 is 0 Å². The summed E-state index contributed by atoms with van der Waals surface area (Å²) in [5.41, 5.74) is 2.67. The van der Waals surface area contributed by atoms with Gasteiger partial charge in [0.25, 0.3) is 0 Å². The molecule has 1 aliphatic rings. The summed E-state index contributed by atoms with van der Waals surface area (Å²) in [6.07, 6.45) is 2.19. The number of rotatable bonds is 5. The van der Waals surface area contributed by atoms with Crippen molar-refractivity contribution in [1.82, 2.24) is 5.32 Å². The smallest absolute Gasteiger partial charge is 0.123 e. The molecule has 0 aromatic heterocycles. The highest BCUT2D eigenvalue weighted by Crippen LogP contribution is 2.35. The number of nitrogens with one attached hydrogen (secondary N) is 1. The van der Waals surface area contributed by atoms with Crippen LogP contribution >= 0.6 is 0 Å². The summed E-state index contributed by atoms with van der Waals surface area (Å²) < 4.78 is 5.91. The van der Waals surface area contributed by atoms with E-state index in [-0.39, 0.29) is 5.60 Å². The molecule has 0 spiro atoms. The molecular weight excluding hydrogens is 234 g/mol. The van der Waals surface area contributed by atoms with Gasteiger partial charge in [-0.3, -0.25) is 0 Å². The Morgan fingerprint density at radius 1 is 1.32 bits per heavy atom. The third-order valence-electron chi connectivity index (χ3n) is 3.94. The second kappa shape index (κ2) is 5.54. The van der Waals surface area contributed by atoms with Crippen LogP contribution in [0.2, 0.25) is 0 Å². The first kappa shape index (κ1) is 14.4. The molecule has 1 unspecified atom stereocenters. The van der Waals surface area contributed by atoms with Crippen LogP contribution in [0.1, 0.15) is 52.2 Å². The Bertz CT molecular complexity index is 437. The Balaban J connectivity index is 2.00. The molecule has 1 atom stereocenters. The summed E-state index contributed by atoms with van der Waals surface area (Å²) in [6.45, 7) is 12.1. The van der Waals surface area contributed by atoms with Gasteiger partial charge in [-0.25, -0.2) is 0 Å². The van der Waals surface area contributed by atoms with Crippen molar-refractivity contribution in [2.24, 2.45) is 5.92 Å². The summed E-state index contributed by atoms with van der Waals surface area (Å²) >= 11 is 0. The minimum Gasteiger partial charge on any atom is -0.487 e. The first-order valence-corrected chi connectivity index (χ1v) is 7.45. The van der Waals surface area contributed by atoms with Gasteiger partial charge >= 0.3 is 0 Å². The summed E-state index contributed by atoms with van der Waals surface area (Å²) in [5.74, 6) is 1.74. The lowest BCUT2D eigenvalue weighted by Gasteiger charge is -2.20. The zero-order chi connectivity index (χ0) is 14.0. The maximum Gasteiger partial charge on any atom is 0.123 e. The van der Waals surface area contributed by atoms with Crippen LogP contribution in [0.3, 0.4) is 0 Å². The van der Waals surface area contributed by atoms with E-state index in [1.54, 1.807) is 0 Å². The predicted octanol–water partition coefficient (Wildman–Crippen LogP) is 3.92. The molecular formula is C17H27NO. The number of fused-ring (bicyclic) bond motifs is 1. The first-order valence-electron chi connectivity index (χ1n) is 7.45. The number of hydrogen-bond donors (Lipinski definition) is 1. The second-order valence-electron chi connectivity index (χ2n) is 6.62. The zero-order valence-electron chi connectivity index (χ0n) is 12.9. The molecule has 0 aliphatic carbocycles. The van der Waals surface area contributed by atoms with Gasteiger partial charge in [0, 0.05) is 19.0 Å². The van der Waals surface area contributed by atoms with Crippen molar-refractivity contribution in [1.29, 1.82) is 0 Å². The minimum atomic E-state index is -0.0434. The Hall–Kier alpha value is -1.02. The average molecular weight is 261 g/mol. The third-order valence-corrected chi connectivity index (χ3v) is 3.94. The minimum absolute atomic E-state index is 0.0434. The van der Waals surface area contributed by atoms with Crippen molar-refractivity contribution in [2.45, 2.75) is 65.6 Å². The highest BCUT2D eigenvalue weighted by atomic mass is 16.5. The number of benzene rings is 1. The second-order valence-corrected chi connectivity index (χ2v) is 6.62. The molecule has 1 aromatic rings. The van der Waals surface area contributed by atoms with Gasteiger partial charge in [-0.2, -0.15) is 0 Å². The van der Waals surface area contributed by atoms with Crippen molar-refractivity contribution in [3.8, 4) is 5.75 Å². The van der Waals surface area contributed by atoms with E-state index in [1.165, 1.54) is 17.5 Å². The normalized spacial score (nSPS) is 18.2. The molecule has 2 rings (SSSR count). The van der Waals surface area contributed by atoms with E-state index < -0.39 is 0 Å². The molecule has 0 saturated heterocycles. The Morgan fingerprint density at radius 2 is 2.05 bits per heavy atom. The SMILES string of the molecule is CCC(NCc1ccc2c(c1)CC(C)(C)O2)C(C)C. The van der Waals surface area contributed by atoms with E-state index in [4.69, 9.17) is 4.74 Å². The molecule has 0 bridgehead atoms. The molecule has 0 radical (unpaired) electrons. The third kappa shape index (κ3) is 3.50. The summed E-state index contributed by atoms with van der Waals surface area (Å²) in [4.78, 5) is 0. The van der Waals surface area contributed by atoms with Gasteiger partial charge < -0.3 is 10.1 Å². The van der Waals surface area contributed by atoms with E-state index in [9.17, 15) is 0 Å². The van der Waals surface area contributed by atoms with Crippen LogP contribution < -0.4 is 10.1 Å². The van der Waals surface area contributed by atoms with Crippen LogP contribution in [0.5, 0.6) is 5.75 Å². The molecule has 106 valence electrons. The molecule has 2 heteroatoms. The highest BCUT2D eigenvalue weighted by Gasteiger charge is 2.29. The van der Waals surface area contributed by atoms with Crippen molar-refractivity contribution < 1.29 is 4.74 Å². The van der Waals surface area contributed by atoms with E-state index in [0.29, 0.717) is 12.0 Å². The van der Waals surface area contributed by atoms with Crippen molar-refractivity contribution in [2.75, 3.05) is 0 Å². The molecule has 0 saturated carbocycles. The zero-order valence-corrected chi connectivity index (χ0v) is 12.9. The Labute approximate surface area is 117 Å². The standard InChI is InChI=1S/C17H27NO/c1-6-15(12(2)3)18-11-13-7-8-16-14(9-13)10-17(4,5)19-16/h7-9,12,15,18H,6,10-11H2,1-5H3. The fourth-order valence-corrected chi connectivity index (χ4v) is 2.87. The number of ether oxygens (including phenoxy) is 1. The van der Waals surface area contributed by atoms with Gasteiger partial charge in [-0.1, -0.05) is 32.9 Å². The van der Waals surface area contributed by atoms with E-state index in [2.05, 4.69) is 58.1 Å². The molecule has 2 nitrogen and oxygen atoms in total. The van der Waals surface area contributed by atoms with Crippen molar-refractivity contribution >= 4 is 0 Å². The van der Waals surface area contributed by atoms with Crippen LogP contribution in [0.15, 0.2) is 18.2 Å². The molecule has 0 amide bonds. The van der Waals surface area contributed by atoms with Crippen molar-refractivity contribution in [3.63, 3.8) is 0 Å². The van der Waals surface area contributed by atoms with Gasteiger partial charge in [-0.15, -0.1) is 0 Å². The predicted molar refractivity (Wildman–Crippen MR) is 80.6 cm³/mol. The van der Waals surface area contributed by atoms with Crippen LogP contribution in [0.25, 0.3) is 0 Å². The van der Waals surface area contributed by atoms with Gasteiger partial charge in [-0.05, 0) is 43.4 Å². The van der Waals surface area contributed by atoms with Crippen LogP contribution in [0.4, 0.5) is 0 Å². The van der Waals surface area contributed by atoms with E-state index in [0.717, 1.165) is 18.7 Å². The number of hydrogen-bond acceptors (Lipinski definition) is 2. The Morgan fingerprint density at radius 3 is 2.68 bits per heavy atom. The average Bonchev–Trinajstić information content (AvgIpc) is 2.62. The largest absolute Gasteiger partial charge is 0.487 e. The molecule has 1 heterocycles. The van der Waals surface area contributed by atoms with Gasteiger partial charge in [0.05, 0.1) is 0 Å². The monoisotopic (exact) mass is 261 g/mol. The van der Waals surface area contributed by atoms with Crippen LogP contribution in [-0.4, -0.2) is 11.6 Å². The summed E-state index contributed by atoms with van der Waals surface area (Å²) in [7, 11) is 0. The molecule has 1 N–H and O–H groups in total. The Kier molecular flexibility index (Phi) is 4.19.